The van der Waals surface area contributed by atoms with Crippen LogP contribution in [0.25, 0.3) is 11.0 Å². The van der Waals surface area contributed by atoms with E-state index in [2.05, 4.69) is 25.9 Å². The van der Waals surface area contributed by atoms with E-state index in [0.29, 0.717) is 4.47 Å². The summed E-state index contributed by atoms with van der Waals surface area (Å²) in [5, 5.41) is 0.997. The fourth-order valence-electron chi connectivity index (χ4n) is 0.985. The fraction of sp³-hybridized carbons (Fsp3) is 0. The molecular formula is C7H5BrN2O. The lowest BCUT2D eigenvalue weighted by molar-refractivity contribution is 1.24. The highest BCUT2D eigenvalue weighted by molar-refractivity contribution is 9.10. The molecule has 4 heteroatoms. The van der Waals surface area contributed by atoms with Crippen LogP contribution < -0.4 is 5.56 Å². The monoisotopic (exact) mass is 212 g/mol. The summed E-state index contributed by atoms with van der Waals surface area (Å²) in [6.07, 6.45) is 1.78. The average Bonchev–Trinajstić information content (AvgIpc) is 2.36. The Morgan fingerprint density at radius 3 is 3.09 bits per heavy atom. The van der Waals surface area contributed by atoms with Gasteiger partial charge in [-0.15, -0.1) is 0 Å². The predicted molar refractivity (Wildman–Crippen MR) is 46.6 cm³/mol. The Bertz CT molecular complexity index is 443. The zero-order chi connectivity index (χ0) is 7.84. The summed E-state index contributed by atoms with van der Waals surface area (Å²) in [6, 6.07) is 3.68. The molecule has 0 saturated carbocycles. The van der Waals surface area contributed by atoms with Crippen molar-refractivity contribution in [2.24, 2.45) is 0 Å². The third kappa shape index (κ3) is 0.991. The first-order chi connectivity index (χ1) is 5.27. The van der Waals surface area contributed by atoms with E-state index < -0.39 is 0 Å². The van der Waals surface area contributed by atoms with Crippen LogP contribution in [-0.4, -0.2) is 9.97 Å². The molecule has 0 aliphatic heterocycles. The number of halogens is 1. The molecule has 11 heavy (non-hydrogen) atoms. The maximum absolute atomic E-state index is 11.0. The van der Waals surface area contributed by atoms with E-state index in [1.165, 1.54) is 0 Å². The van der Waals surface area contributed by atoms with Gasteiger partial charge in [0.25, 0.3) is 5.56 Å². The zero-order valence-corrected chi connectivity index (χ0v) is 7.10. The zero-order valence-electron chi connectivity index (χ0n) is 5.52. The van der Waals surface area contributed by atoms with E-state index in [1.54, 1.807) is 12.3 Å². The smallest absolute Gasteiger partial charge is 0.263 e. The first kappa shape index (κ1) is 6.67. The lowest BCUT2D eigenvalue weighted by atomic mass is 10.3. The van der Waals surface area contributed by atoms with E-state index in [4.69, 9.17) is 0 Å². The second-order valence-electron chi connectivity index (χ2n) is 2.25. The first-order valence-corrected chi connectivity index (χ1v) is 3.92. The molecule has 56 valence electrons. The van der Waals surface area contributed by atoms with Gasteiger partial charge < -0.3 is 9.97 Å². The molecule has 0 aliphatic rings. The van der Waals surface area contributed by atoms with Gasteiger partial charge in [0.15, 0.2) is 0 Å². The normalized spacial score (nSPS) is 10.6. The minimum Gasteiger partial charge on any atom is -0.348 e. The molecule has 3 nitrogen and oxygen atoms in total. The molecular weight excluding hydrogens is 208 g/mol. The van der Waals surface area contributed by atoms with Crippen molar-refractivity contribution in [3.63, 3.8) is 0 Å². The third-order valence-corrected chi connectivity index (χ3v) is 2.11. The number of nitrogens with one attached hydrogen (secondary N) is 2. The summed E-state index contributed by atoms with van der Waals surface area (Å²) in [5.41, 5.74) is 0.651. The number of rotatable bonds is 0. The Morgan fingerprint density at radius 2 is 2.27 bits per heavy atom. The van der Waals surface area contributed by atoms with Crippen LogP contribution in [0.15, 0.2) is 27.6 Å². The van der Waals surface area contributed by atoms with E-state index in [0.717, 1.165) is 11.0 Å². The molecule has 0 aromatic carbocycles. The predicted octanol–water partition coefficient (Wildman–Crippen LogP) is 1.62. The fourth-order valence-corrected chi connectivity index (χ4v) is 1.33. The number of fused-ring (bicyclic) bond motifs is 1. The highest BCUT2D eigenvalue weighted by Gasteiger charge is 1.98. The van der Waals surface area contributed by atoms with Crippen molar-refractivity contribution in [1.29, 1.82) is 0 Å². The first-order valence-electron chi connectivity index (χ1n) is 3.13. The molecule has 2 rings (SSSR count). The molecule has 0 fully saturated rings. The van der Waals surface area contributed by atoms with E-state index in [1.807, 2.05) is 6.07 Å². The molecule has 0 saturated heterocycles. The molecule has 2 aromatic rings. The van der Waals surface area contributed by atoms with Gasteiger partial charge in [0.1, 0.15) is 5.65 Å². The van der Waals surface area contributed by atoms with Gasteiger partial charge in [0.2, 0.25) is 0 Å². The Balaban J connectivity index is 2.97. The summed E-state index contributed by atoms with van der Waals surface area (Å²) in [6.45, 7) is 0. The molecule has 0 spiro atoms. The van der Waals surface area contributed by atoms with Crippen molar-refractivity contribution >= 4 is 27.0 Å². The Labute approximate surface area is 70.6 Å². The summed E-state index contributed by atoms with van der Waals surface area (Å²) in [4.78, 5) is 16.6. The summed E-state index contributed by atoms with van der Waals surface area (Å²) >= 11 is 3.14. The van der Waals surface area contributed by atoms with Crippen molar-refractivity contribution in [2.45, 2.75) is 0 Å². The van der Waals surface area contributed by atoms with Gasteiger partial charge in [0, 0.05) is 11.6 Å². The quantitative estimate of drug-likeness (QED) is 0.686. The second kappa shape index (κ2) is 2.23. The van der Waals surface area contributed by atoms with Crippen LogP contribution in [-0.2, 0) is 0 Å². The Hall–Kier alpha value is -1.03. The van der Waals surface area contributed by atoms with Crippen molar-refractivity contribution in [3.8, 4) is 0 Å². The molecule has 2 N–H and O–H groups in total. The van der Waals surface area contributed by atoms with Gasteiger partial charge in [-0.25, -0.2) is 0 Å². The molecule has 0 aliphatic carbocycles. The van der Waals surface area contributed by atoms with Crippen LogP contribution in [0.4, 0.5) is 0 Å². The highest BCUT2D eigenvalue weighted by Crippen LogP contribution is 2.11. The second-order valence-corrected chi connectivity index (χ2v) is 3.11. The van der Waals surface area contributed by atoms with E-state index in [9.17, 15) is 4.79 Å². The van der Waals surface area contributed by atoms with Gasteiger partial charge in [-0.05, 0) is 28.1 Å². The SMILES string of the molecule is O=c1[nH]c2[nH]ccc2cc1Br. The number of aromatic nitrogens is 2. The van der Waals surface area contributed by atoms with Crippen LogP contribution in [0.5, 0.6) is 0 Å². The molecule has 0 atom stereocenters. The van der Waals surface area contributed by atoms with E-state index >= 15 is 0 Å². The molecule has 0 amide bonds. The Kier molecular flexibility index (Phi) is 1.35. The highest BCUT2D eigenvalue weighted by atomic mass is 79.9. The topological polar surface area (TPSA) is 48.6 Å². The summed E-state index contributed by atoms with van der Waals surface area (Å²) in [7, 11) is 0. The largest absolute Gasteiger partial charge is 0.348 e. The number of hydrogen-bond donors (Lipinski definition) is 2. The van der Waals surface area contributed by atoms with Crippen LogP contribution >= 0.6 is 15.9 Å². The summed E-state index contributed by atoms with van der Waals surface area (Å²) < 4.78 is 0.560. The van der Waals surface area contributed by atoms with Crippen molar-refractivity contribution in [2.75, 3.05) is 0 Å². The summed E-state index contributed by atoms with van der Waals surface area (Å²) in [5.74, 6) is 0. The van der Waals surface area contributed by atoms with Crippen LogP contribution in [0.3, 0.4) is 0 Å². The Morgan fingerprint density at radius 1 is 1.45 bits per heavy atom. The standard InChI is InChI=1S/C7H5BrN2O/c8-5-3-4-1-2-9-6(4)10-7(5)11/h1-3H,(H2,9,10,11). The van der Waals surface area contributed by atoms with E-state index in [-0.39, 0.29) is 5.56 Å². The minimum atomic E-state index is -0.111. The van der Waals surface area contributed by atoms with Crippen LogP contribution in [0.2, 0.25) is 0 Å². The lowest BCUT2D eigenvalue weighted by Gasteiger charge is -1.89. The average molecular weight is 213 g/mol. The molecule has 0 bridgehead atoms. The van der Waals surface area contributed by atoms with Crippen LogP contribution in [0.1, 0.15) is 0 Å². The van der Waals surface area contributed by atoms with Crippen LogP contribution in [0, 0.1) is 0 Å². The van der Waals surface area contributed by atoms with Gasteiger partial charge in [0.05, 0.1) is 4.47 Å². The number of pyridine rings is 1. The van der Waals surface area contributed by atoms with Gasteiger partial charge >= 0.3 is 0 Å². The van der Waals surface area contributed by atoms with Crippen molar-refractivity contribution in [3.05, 3.63) is 33.2 Å². The number of hydrogen-bond acceptors (Lipinski definition) is 1. The lowest BCUT2D eigenvalue weighted by Crippen LogP contribution is -2.05. The molecule has 0 radical (unpaired) electrons. The molecule has 0 unspecified atom stereocenters. The van der Waals surface area contributed by atoms with Crippen molar-refractivity contribution in [1.82, 2.24) is 9.97 Å². The van der Waals surface area contributed by atoms with Crippen molar-refractivity contribution < 1.29 is 0 Å². The number of aromatic amines is 2. The van der Waals surface area contributed by atoms with Gasteiger partial charge in [-0.2, -0.15) is 0 Å². The maximum Gasteiger partial charge on any atom is 0.263 e. The third-order valence-electron chi connectivity index (χ3n) is 1.52. The maximum atomic E-state index is 11.0. The molecule has 2 aromatic heterocycles. The van der Waals surface area contributed by atoms with Gasteiger partial charge in [-0.3, -0.25) is 4.79 Å². The minimum absolute atomic E-state index is 0.111. The van der Waals surface area contributed by atoms with Gasteiger partial charge in [-0.1, -0.05) is 0 Å². The number of H-pyrrole nitrogens is 2. The molecule has 2 heterocycles.